The molecular weight excluding hydrogens is 442 g/mol. The Morgan fingerprint density at radius 2 is 1.33 bits per heavy atom. The number of carbonyl (C=O) groups is 1. The summed E-state index contributed by atoms with van der Waals surface area (Å²) in [5.74, 6) is 1.01. The van der Waals surface area contributed by atoms with Crippen molar-refractivity contribution in [2.24, 2.45) is 0 Å². The van der Waals surface area contributed by atoms with Crippen LogP contribution in [0.15, 0.2) is 127 Å². The molecule has 3 heteroatoms. The van der Waals surface area contributed by atoms with Gasteiger partial charge in [-0.2, -0.15) is 0 Å². The summed E-state index contributed by atoms with van der Waals surface area (Å²) in [6, 6.07) is 38.9. The average molecular weight is 474 g/mol. The molecule has 0 amide bonds. The SMILES string of the molecule is COc1ccc(C2(Cc3ccccc3)CCC/C(=C\N(c3ccccc3)c3ccccc3)C2=O)cc1. The monoisotopic (exact) mass is 473 g/mol. The molecule has 1 aliphatic carbocycles. The number of hydrogen-bond donors (Lipinski definition) is 0. The van der Waals surface area contributed by atoms with Crippen LogP contribution in [-0.4, -0.2) is 12.9 Å². The summed E-state index contributed by atoms with van der Waals surface area (Å²) in [7, 11) is 1.67. The zero-order valence-corrected chi connectivity index (χ0v) is 20.6. The van der Waals surface area contributed by atoms with E-state index in [1.165, 1.54) is 5.56 Å². The van der Waals surface area contributed by atoms with Gasteiger partial charge in [0.05, 0.1) is 12.5 Å². The van der Waals surface area contributed by atoms with Gasteiger partial charge in [0.15, 0.2) is 5.78 Å². The van der Waals surface area contributed by atoms with Gasteiger partial charge < -0.3 is 9.64 Å². The molecule has 0 aromatic heterocycles. The second kappa shape index (κ2) is 10.7. The Morgan fingerprint density at radius 3 is 1.89 bits per heavy atom. The van der Waals surface area contributed by atoms with Crippen molar-refractivity contribution in [1.82, 2.24) is 0 Å². The Bertz CT molecular complexity index is 1280. The second-order valence-electron chi connectivity index (χ2n) is 9.35. The number of rotatable bonds is 7. The highest BCUT2D eigenvalue weighted by molar-refractivity contribution is 6.05. The van der Waals surface area contributed by atoms with Crippen LogP contribution in [-0.2, 0) is 16.6 Å². The number of anilines is 2. The number of Topliss-reactive ketones (excluding diaryl/α,β-unsaturated/α-hetero) is 1. The molecule has 1 unspecified atom stereocenters. The van der Waals surface area contributed by atoms with E-state index in [4.69, 9.17) is 4.74 Å². The number of carbonyl (C=O) groups excluding carboxylic acids is 1. The molecule has 180 valence electrons. The lowest BCUT2D eigenvalue weighted by Gasteiger charge is -2.38. The van der Waals surface area contributed by atoms with Crippen molar-refractivity contribution >= 4 is 17.2 Å². The average Bonchev–Trinajstić information content (AvgIpc) is 2.95. The second-order valence-corrected chi connectivity index (χ2v) is 9.35. The molecule has 1 saturated carbocycles. The van der Waals surface area contributed by atoms with Gasteiger partial charge in [0.1, 0.15) is 5.75 Å². The number of nitrogens with zero attached hydrogens (tertiary/aromatic N) is 1. The van der Waals surface area contributed by atoms with Crippen molar-refractivity contribution in [2.45, 2.75) is 31.1 Å². The summed E-state index contributed by atoms with van der Waals surface area (Å²) in [6.07, 6.45) is 5.28. The summed E-state index contributed by atoms with van der Waals surface area (Å²) in [5, 5.41) is 0. The largest absolute Gasteiger partial charge is 0.497 e. The number of benzene rings is 4. The molecule has 3 nitrogen and oxygen atoms in total. The van der Waals surface area contributed by atoms with Gasteiger partial charge in [-0.15, -0.1) is 0 Å². The maximum Gasteiger partial charge on any atom is 0.171 e. The van der Waals surface area contributed by atoms with Gasteiger partial charge in [-0.05, 0) is 73.2 Å². The molecule has 0 bridgehead atoms. The molecule has 1 atom stereocenters. The molecule has 0 N–H and O–H groups in total. The van der Waals surface area contributed by atoms with E-state index in [-0.39, 0.29) is 5.78 Å². The summed E-state index contributed by atoms with van der Waals surface area (Å²) in [4.78, 5) is 16.6. The van der Waals surface area contributed by atoms with Gasteiger partial charge >= 0.3 is 0 Å². The molecule has 0 spiro atoms. The highest BCUT2D eigenvalue weighted by atomic mass is 16.5. The van der Waals surface area contributed by atoms with E-state index in [1.807, 2.05) is 66.7 Å². The number of para-hydroxylation sites is 2. The Balaban J connectivity index is 1.60. The number of ketones is 1. The van der Waals surface area contributed by atoms with Gasteiger partial charge in [-0.25, -0.2) is 0 Å². The Kier molecular flexibility index (Phi) is 6.99. The quantitative estimate of drug-likeness (QED) is 0.258. The molecule has 5 rings (SSSR count). The Morgan fingerprint density at radius 1 is 0.778 bits per heavy atom. The fourth-order valence-corrected chi connectivity index (χ4v) is 5.27. The van der Waals surface area contributed by atoms with E-state index in [0.29, 0.717) is 6.42 Å². The Hall–Kier alpha value is -4.11. The number of ether oxygens (including phenoxy) is 1. The first kappa shape index (κ1) is 23.6. The van der Waals surface area contributed by atoms with E-state index in [1.54, 1.807) is 7.11 Å². The van der Waals surface area contributed by atoms with Gasteiger partial charge in [0.25, 0.3) is 0 Å². The molecule has 36 heavy (non-hydrogen) atoms. The standard InChI is InChI=1S/C33H31NO2/c1-36-31-21-19-28(20-22-31)33(24-26-12-5-2-6-13-26)23-11-14-27(32(33)35)25-34(29-15-7-3-8-16-29)30-17-9-4-10-18-30/h2-10,12-13,15-22,25H,11,14,23-24H2,1H3/b27-25+. The third-order valence-electron chi connectivity index (χ3n) is 7.12. The first-order valence-electron chi connectivity index (χ1n) is 12.5. The lowest BCUT2D eigenvalue weighted by molar-refractivity contribution is -0.122. The topological polar surface area (TPSA) is 29.5 Å². The van der Waals surface area contributed by atoms with Crippen LogP contribution in [0.4, 0.5) is 11.4 Å². The van der Waals surface area contributed by atoms with E-state index in [2.05, 4.69) is 59.6 Å². The van der Waals surface area contributed by atoms with Crippen LogP contribution in [0.2, 0.25) is 0 Å². The summed E-state index contributed by atoms with van der Waals surface area (Å²) >= 11 is 0. The molecule has 4 aromatic carbocycles. The smallest absolute Gasteiger partial charge is 0.171 e. The number of hydrogen-bond acceptors (Lipinski definition) is 3. The highest BCUT2D eigenvalue weighted by Gasteiger charge is 2.44. The minimum absolute atomic E-state index is 0.208. The first-order chi connectivity index (χ1) is 17.7. The zero-order valence-electron chi connectivity index (χ0n) is 20.6. The Labute approximate surface area is 213 Å². The van der Waals surface area contributed by atoms with Crippen molar-refractivity contribution < 1.29 is 9.53 Å². The maximum absolute atomic E-state index is 14.5. The lowest BCUT2D eigenvalue weighted by atomic mass is 9.64. The molecule has 0 aliphatic heterocycles. The van der Waals surface area contributed by atoms with Gasteiger partial charge in [-0.3, -0.25) is 4.79 Å². The number of allylic oxidation sites excluding steroid dienone is 1. The van der Waals surface area contributed by atoms with Gasteiger partial charge in [0.2, 0.25) is 0 Å². The van der Waals surface area contributed by atoms with Crippen LogP contribution in [0.3, 0.4) is 0 Å². The molecule has 0 heterocycles. The van der Waals surface area contributed by atoms with E-state index in [9.17, 15) is 4.79 Å². The number of methoxy groups -OCH3 is 1. The molecular formula is C33H31NO2. The summed E-state index contributed by atoms with van der Waals surface area (Å²) < 4.78 is 5.40. The fourth-order valence-electron chi connectivity index (χ4n) is 5.27. The van der Waals surface area contributed by atoms with Crippen LogP contribution in [0.25, 0.3) is 0 Å². The van der Waals surface area contributed by atoms with Crippen molar-refractivity contribution in [3.63, 3.8) is 0 Å². The van der Waals surface area contributed by atoms with Crippen LogP contribution in [0, 0.1) is 0 Å². The minimum Gasteiger partial charge on any atom is -0.497 e. The molecule has 4 aromatic rings. The molecule has 1 fully saturated rings. The van der Waals surface area contributed by atoms with Crippen LogP contribution in [0.5, 0.6) is 5.75 Å². The van der Waals surface area contributed by atoms with Crippen molar-refractivity contribution in [3.05, 3.63) is 138 Å². The lowest BCUT2D eigenvalue weighted by Crippen LogP contribution is -2.42. The van der Waals surface area contributed by atoms with Gasteiger partial charge in [-0.1, -0.05) is 78.9 Å². The first-order valence-corrected chi connectivity index (χ1v) is 12.5. The van der Waals surface area contributed by atoms with Crippen LogP contribution >= 0.6 is 0 Å². The minimum atomic E-state index is -0.614. The summed E-state index contributed by atoms with van der Waals surface area (Å²) in [5.41, 5.74) is 4.54. The third kappa shape index (κ3) is 4.83. The maximum atomic E-state index is 14.5. The van der Waals surface area contributed by atoms with E-state index in [0.717, 1.165) is 47.5 Å². The van der Waals surface area contributed by atoms with Crippen LogP contribution < -0.4 is 9.64 Å². The zero-order chi connectivity index (χ0) is 24.8. The van der Waals surface area contributed by atoms with E-state index >= 15 is 0 Å². The van der Waals surface area contributed by atoms with Crippen LogP contribution in [0.1, 0.15) is 30.4 Å². The van der Waals surface area contributed by atoms with Crippen molar-refractivity contribution in [1.29, 1.82) is 0 Å². The van der Waals surface area contributed by atoms with Gasteiger partial charge in [0, 0.05) is 23.1 Å². The summed E-state index contributed by atoms with van der Waals surface area (Å²) in [6.45, 7) is 0. The van der Waals surface area contributed by atoms with Crippen molar-refractivity contribution in [3.8, 4) is 5.75 Å². The predicted octanol–water partition coefficient (Wildman–Crippen LogP) is 7.65. The third-order valence-corrected chi connectivity index (χ3v) is 7.12. The van der Waals surface area contributed by atoms with E-state index < -0.39 is 5.41 Å². The molecule has 0 saturated heterocycles. The highest BCUT2D eigenvalue weighted by Crippen LogP contribution is 2.43. The molecule has 1 aliphatic rings. The molecule has 0 radical (unpaired) electrons. The van der Waals surface area contributed by atoms with Crippen molar-refractivity contribution in [2.75, 3.05) is 12.0 Å². The fraction of sp³-hybridized carbons (Fsp3) is 0.182. The predicted molar refractivity (Wildman–Crippen MR) is 147 cm³/mol. The normalized spacial score (nSPS) is 18.7.